The van der Waals surface area contributed by atoms with E-state index in [4.69, 9.17) is 14.4 Å². The molecule has 10 aromatic rings. The van der Waals surface area contributed by atoms with Crippen molar-refractivity contribution in [3.05, 3.63) is 170 Å². The van der Waals surface area contributed by atoms with Crippen molar-refractivity contribution in [1.82, 2.24) is 14.5 Å². The Morgan fingerprint density at radius 3 is 2.06 bits per heavy atom. The first-order valence-corrected chi connectivity index (χ1v) is 16.9. The van der Waals surface area contributed by atoms with E-state index in [1.54, 1.807) is 6.07 Å². The van der Waals surface area contributed by atoms with Gasteiger partial charge in [-0.1, -0.05) is 120 Å². The van der Waals surface area contributed by atoms with Gasteiger partial charge in [-0.25, -0.2) is 4.98 Å². The van der Waals surface area contributed by atoms with Gasteiger partial charge in [0.05, 0.1) is 22.8 Å². The molecule has 0 unspecified atom stereocenters. The predicted octanol–water partition coefficient (Wildman–Crippen LogP) is 11.6. The maximum absolute atomic E-state index is 11.0. The summed E-state index contributed by atoms with van der Waals surface area (Å²) in [6, 6.07) is 56.9. The Morgan fingerprint density at radius 2 is 1.25 bits per heavy atom. The topological polar surface area (TPSA) is 64.1 Å². The average Bonchev–Trinajstić information content (AvgIpc) is 3.75. The van der Waals surface area contributed by atoms with E-state index in [1.807, 2.05) is 54.7 Å². The molecule has 3 aromatic heterocycles. The van der Waals surface area contributed by atoms with Gasteiger partial charge in [-0.05, 0) is 58.8 Å². The van der Waals surface area contributed by atoms with Crippen LogP contribution in [-0.4, -0.2) is 19.6 Å². The number of para-hydroxylation sites is 3. The zero-order valence-electron chi connectivity index (χ0n) is 27.6. The second kappa shape index (κ2) is 12.8. The van der Waals surface area contributed by atoms with E-state index in [1.165, 1.54) is 0 Å². The van der Waals surface area contributed by atoms with Crippen molar-refractivity contribution in [1.29, 1.82) is 0 Å². The zero-order valence-corrected chi connectivity index (χ0v) is 29.9. The van der Waals surface area contributed by atoms with E-state index in [0.29, 0.717) is 11.4 Å². The van der Waals surface area contributed by atoms with Gasteiger partial charge in [0.2, 0.25) is 0 Å². The van der Waals surface area contributed by atoms with E-state index in [-0.39, 0.29) is 26.8 Å². The number of hydrogen-bond acceptors (Lipinski definition) is 4. The molecular formula is C46H28N3O2Pt-. The molecule has 52 heavy (non-hydrogen) atoms. The van der Waals surface area contributed by atoms with Crippen molar-refractivity contribution in [3.8, 4) is 56.3 Å². The molecule has 7 aromatic carbocycles. The van der Waals surface area contributed by atoms with Gasteiger partial charge in [-0.2, -0.15) is 0 Å². The molecule has 0 aliphatic carbocycles. The van der Waals surface area contributed by atoms with Gasteiger partial charge < -0.3 is 9.52 Å². The molecule has 0 bridgehead atoms. The molecule has 5 nitrogen and oxygen atoms in total. The number of pyridine rings is 1. The molecule has 10 rings (SSSR count). The van der Waals surface area contributed by atoms with E-state index in [0.717, 1.165) is 82.9 Å². The van der Waals surface area contributed by atoms with Crippen molar-refractivity contribution < 1.29 is 30.6 Å². The first-order chi connectivity index (χ1) is 25.2. The number of hydrogen-bond donors (Lipinski definition) is 1. The van der Waals surface area contributed by atoms with Gasteiger partial charge in [0, 0.05) is 43.2 Å². The first kappa shape index (κ1) is 31.7. The van der Waals surface area contributed by atoms with Crippen LogP contribution >= 0.6 is 0 Å². The van der Waals surface area contributed by atoms with Crippen molar-refractivity contribution in [3.63, 3.8) is 0 Å². The molecule has 0 fully saturated rings. The minimum absolute atomic E-state index is 0. The van der Waals surface area contributed by atoms with Crippen molar-refractivity contribution in [2.24, 2.45) is 0 Å². The Balaban J connectivity index is 0.00000360. The minimum atomic E-state index is 0. The number of furan rings is 1. The summed E-state index contributed by atoms with van der Waals surface area (Å²) < 4.78 is 8.39. The van der Waals surface area contributed by atoms with Crippen LogP contribution < -0.4 is 0 Å². The van der Waals surface area contributed by atoms with Crippen LogP contribution in [0, 0.1) is 6.07 Å². The summed E-state index contributed by atoms with van der Waals surface area (Å²) >= 11 is 0. The maximum Gasteiger partial charge on any atom is 0.152 e. The number of rotatable bonds is 5. The Kier molecular flexibility index (Phi) is 7.79. The third-order valence-electron chi connectivity index (χ3n) is 9.61. The van der Waals surface area contributed by atoms with Crippen LogP contribution in [0.5, 0.6) is 5.75 Å². The van der Waals surface area contributed by atoms with Crippen LogP contribution in [0.1, 0.15) is 0 Å². The summed E-state index contributed by atoms with van der Waals surface area (Å²) in [5.41, 5.74) is 10.6. The van der Waals surface area contributed by atoms with Crippen LogP contribution in [0.4, 0.5) is 0 Å². The number of aromatic nitrogens is 3. The molecule has 0 saturated carbocycles. The Labute approximate surface area is 313 Å². The third-order valence-corrected chi connectivity index (χ3v) is 9.61. The van der Waals surface area contributed by atoms with Gasteiger partial charge in [0.1, 0.15) is 17.2 Å². The molecule has 0 radical (unpaired) electrons. The Bertz CT molecular complexity index is 2930. The monoisotopic (exact) mass is 849 g/mol. The van der Waals surface area contributed by atoms with Gasteiger partial charge in [0.15, 0.2) is 5.58 Å². The van der Waals surface area contributed by atoms with E-state index >= 15 is 0 Å². The minimum Gasteiger partial charge on any atom is -0.507 e. The normalized spacial score (nSPS) is 11.4. The first-order valence-electron chi connectivity index (χ1n) is 16.9. The van der Waals surface area contributed by atoms with Crippen LogP contribution in [-0.2, 0) is 21.1 Å². The summed E-state index contributed by atoms with van der Waals surface area (Å²) in [4.78, 5) is 10.2. The van der Waals surface area contributed by atoms with Crippen LogP contribution in [0.15, 0.2) is 168 Å². The van der Waals surface area contributed by atoms with Crippen molar-refractivity contribution in [2.75, 3.05) is 0 Å². The van der Waals surface area contributed by atoms with Crippen molar-refractivity contribution in [2.45, 2.75) is 0 Å². The number of benzene rings is 7. The van der Waals surface area contributed by atoms with Gasteiger partial charge in [-0.3, -0.25) is 9.55 Å². The van der Waals surface area contributed by atoms with Gasteiger partial charge in [-0.15, -0.1) is 23.8 Å². The van der Waals surface area contributed by atoms with E-state index in [2.05, 4.69) is 114 Å². The summed E-state index contributed by atoms with van der Waals surface area (Å²) in [6.07, 6.45) is 1.82. The Hall–Kier alpha value is -6.29. The molecular weight excluding hydrogens is 822 g/mol. The average molecular weight is 850 g/mol. The molecule has 3 heterocycles. The second-order valence-corrected chi connectivity index (χ2v) is 12.7. The molecule has 0 aliphatic heterocycles. The zero-order chi connectivity index (χ0) is 33.9. The largest absolute Gasteiger partial charge is 0.507 e. The summed E-state index contributed by atoms with van der Waals surface area (Å²) in [6.45, 7) is 0. The fourth-order valence-electron chi connectivity index (χ4n) is 7.16. The maximum atomic E-state index is 11.0. The predicted molar refractivity (Wildman–Crippen MR) is 206 cm³/mol. The van der Waals surface area contributed by atoms with Crippen LogP contribution in [0.3, 0.4) is 0 Å². The van der Waals surface area contributed by atoms with Gasteiger partial charge >= 0.3 is 0 Å². The van der Waals surface area contributed by atoms with E-state index in [9.17, 15) is 5.11 Å². The van der Waals surface area contributed by atoms with E-state index < -0.39 is 0 Å². The summed E-state index contributed by atoms with van der Waals surface area (Å²) in [5.74, 6) is 0.834. The van der Waals surface area contributed by atoms with Gasteiger partial charge in [0.25, 0.3) is 0 Å². The molecule has 0 spiro atoms. The molecule has 0 atom stereocenters. The molecule has 6 heteroatoms. The SMILES string of the molecule is Oc1ccccc1-c1nc2c(-c3[c-]c(-c4cc5c(cn4)oc4cc6ccccc6cc45)cc(-c4ccccc4)c3)cccc2n1-c1ccccc1.[Pt]. The fraction of sp³-hybridized carbons (Fsp3) is 0. The second-order valence-electron chi connectivity index (χ2n) is 12.7. The number of nitrogens with zero attached hydrogens (tertiary/aromatic N) is 3. The summed E-state index contributed by atoms with van der Waals surface area (Å²) in [7, 11) is 0. The molecule has 250 valence electrons. The standard InChI is InChI=1S/C46H28N3O2.Pt/c50-42-21-10-9-18-37(42)46-48-45-36(19-11-20-41(45)49(46)35-16-5-2-6-17-35)33-22-32(29-12-3-1-4-13-29)23-34(24-33)40-27-39-38-25-30-14-7-8-15-31(30)26-43(38)51-44(39)28-47-40;/h1-23,25-28,50H;/q-1;. The Morgan fingerprint density at radius 1 is 0.577 bits per heavy atom. The number of imidazole rings is 1. The number of fused-ring (bicyclic) bond motifs is 5. The summed E-state index contributed by atoms with van der Waals surface area (Å²) in [5, 5.41) is 15.3. The van der Waals surface area contributed by atoms with Crippen molar-refractivity contribution >= 4 is 43.7 Å². The van der Waals surface area contributed by atoms with Crippen LogP contribution in [0.2, 0.25) is 0 Å². The van der Waals surface area contributed by atoms with Crippen LogP contribution in [0.25, 0.3) is 94.3 Å². The number of aromatic hydroxyl groups is 1. The third kappa shape index (κ3) is 5.29. The molecule has 0 aliphatic rings. The molecule has 0 saturated heterocycles. The quantitative estimate of drug-likeness (QED) is 0.175. The molecule has 1 N–H and O–H groups in total. The molecule has 0 amide bonds. The number of phenolic OH excluding ortho intramolecular Hbond substituents is 1. The fourth-order valence-corrected chi connectivity index (χ4v) is 7.16. The smallest absolute Gasteiger partial charge is 0.152 e. The number of phenols is 1.